The smallest absolute Gasteiger partial charge is 0.350 e. The van der Waals surface area contributed by atoms with Gasteiger partial charge in [0.1, 0.15) is 6.10 Å². The van der Waals surface area contributed by atoms with Gasteiger partial charge in [0.05, 0.1) is 6.10 Å². The molecule has 3 atom stereocenters. The lowest BCUT2D eigenvalue weighted by atomic mass is 9.83. The van der Waals surface area contributed by atoms with Crippen LogP contribution in [0.25, 0.3) is 0 Å². The summed E-state index contributed by atoms with van der Waals surface area (Å²) >= 11 is 0. The number of hydrogen-bond acceptors (Lipinski definition) is 3. The molecule has 154 valence electrons. The number of rotatable bonds is 6. The molecule has 1 saturated heterocycles. The minimum atomic E-state index is -2.71. The van der Waals surface area contributed by atoms with Gasteiger partial charge in [-0.1, -0.05) is 88.5 Å². The lowest BCUT2D eigenvalue weighted by Gasteiger charge is -2.51. The largest absolute Gasteiger partial charge is 0.389 e. The maximum absolute atomic E-state index is 13.5. The molecule has 1 fully saturated rings. The van der Waals surface area contributed by atoms with Crippen molar-refractivity contribution in [2.45, 2.75) is 124 Å². The number of ketones is 1. The molecule has 0 aromatic heterocycles. The minimum Gasteiger partial charge on any atom is -0.389 e. The van der Waals surface area contributed by atoms with Gasteiger partial charge < -0.3 is 8.85 Å². The van der Waals surface area contributed by atoms with Crippen LogP contribution in [0.2, 0.25) is 10.1 Å². The summed E-state index contributed by atoms with van der Waals surface area (Å²) in [6.45, 7) is 22.1. The zero-order valence-corrected chi connectivity index (χ0v) is 20.1. The third-order valence-electron chi connectivity index (χ3n) is 5.74. The Morgan fingerprint density at radius 1 is 0.923 bits per heavy atom. The first-order valence-electron chi connectivity index (χ1n) is 10.7. The Balaban J connectivity index is 3.53. The molecular formula is C22H44O3Si. The van der Waals surface area contributed by atoms with Gasteiger partial charge in [0.15, 0.2) is 5.78 Å². The normalized spacial score (nSPS) is 27.7. The highest BCUT2D eigenvalue weighted by Crippen LogP contribution is 2.55. The maximum Gasteiger partial charge on any atom is 0.350 e. The van der Waals surface area contributed by atoms with Gasteiger partial charge in [0, 0.05) is 16.0 Å². The van der Waals surface area contributed by atoms with Crippen LogP contribution in [-0.2, 0) is 13.6 Å². The molecule has 3 nitrogen and oxygen atoms in total. The highest BCUT2D eigenvalue weighted by atomic mass is 28.4. The van der Waals surface area contributed by atoms with Crippen LogP contribution in [0.15, 0.2) is 0 Å². The molecule has 0 aliphatic carbocycles. The zero-order chi connectivity index (χ0) is 20.3. The number of carbonyl (C=O) groups excluding carboxylic acids is 1. The van der Waals surface area contributed by atoms with Crippen molar-refractivity contribution in [2.75, 3.05) is 0 Å². The summed E-state index contributed by atoms with van der Waals surface area (Å²) in [5.41, 5.74) is 0. The van der Waals surface area contributed by atoms with E-state index in [1.54, 1.807) is 0 Å². The summed E-state index contributed by atoms with van der Waals surface area (Å²) in [5.74, 6) is 0.564. The Kier molecular flexibility index (Phi) is 8.14. The number of carbonyl (C=O) groups is 1. The van der Waals surface area contributed by atoms with Crippen molar-refractivity contribution in [2.24, 2.45) is 11.8 Å². The quantitative estimate of drug-likeness (QED) is 0.481. The monoisotopic (exact) mass is 384 g/mol. The van der Waals surface area contributed by atoms with E-state index in [0.717, 1.165) is 32.1 Å². The molecule has 0 spiro atoms. The molecule has 26 heavy (non-hydrogen) atoms. The molecule has 0 saturated carbocycles. The highest BCUT2D eigenvalue weighted by molar-refractivity contribution is 6.73. The first-order valence-corrected chi connectivity index (χ1v) is 12.5. The lowest BCUT2D eigenvalue weighted by Crippen LogP contribution is -2.60. The maximum atomic E-state index is 13.5. The van der Waals surface area contributed by atoms with Crippen molar-refractivity contribution in [3.8, 4) is 0 Å². The fourth-order valence-corrected chi connectivity index (χ4v) is 9.76. The van der Waals surface area contributed by atoms with Gasteiger partial charge in [-0.15, -0.1) is 0 Å². The van der Waals surface area contributed by atoms with E-state index in [1.807, 2.05) is 0 Å². The predicted octanol–water partition coefficient (Wildman–Crippen LogP) is 6.64. The first-order chi connectivity index (χ1) is 11.8. The average Bonchev–Trinajstić information content (AvgIpc) is 2.61. The van der Waals surface area contributed by atoms with Gasteiger partial charge in [0.2, 0.25) is 0 Å². The molecule has 0 N–H and O–H groups in total. The highest BCUT2D eigenvalue weighted by Gasteiger charge is 2.63. The van der Waals surface area contributed by atoms with Crippen LogP contribution in [0.3, 0.4) is 0 Å². The van der Waals surface area contributed by atoms with E-state index in [0.29, 0.717) is 11.7 Å². The second kappa shape index (κ2) is 8.87. The van der Waals surface area contributed by atoms with E-state index in [1.165, 1.54) is 0 Å². The Morgan fingerprint density at radius 3 is 1.85 bits per heavy atom. The molecule has 4 heteroatoms. The van der Waals surface area contributed by atoms with Crippen molar-refractivity contribution in [3.05, 3.63) is 0 Å². The molecule has 1 aliphatic rings. The number of hydrogen-bond donors (Lipinski definition) is 0. The van der Waals surface area contributed by atoms with Crippen LogP contribution in [0.5, 0.6) is 0 Å². The molecule has 1 rings (SSSR count). The Hall–Kier alpha value is -0.193. The van der Waals surface area contributed by atoms with Crippen molar-refractivity contribution >= 4 is 14.3 Å². The van der Waals surface area contributed by atoms with Gasteiger partial charge in [-0.3, -0.25) is 4.79 Å². The Morgan fingerprint density at radius 2 is 1.46 bits per heavy atom. The average molecular weight is 385 g/mol. The minimum absolute atomic E-state index is 0.0365. The molecule has 1 heterocycles. The van der Waals surface area contributed by atoms with Crippen LogP contribution in [-0.4, -0.2) is 26.6 Å². The summed E-state index contributed by atoms with van der Waals surface area (Å²) < 4.78 is 13.9. The van der Waals surface area contributed by atoms with Gasteiger partial charge in [-0.25, -0.2) is 0 Å². The third-order valence-corrected chi connectivity index (χ3v) is 10.9. The molecule has 0 bridgehead atoms. The molecule has 0 unspecified atom stereocenters. The predicted molar refractivity (Wildman–Crippen MR) is 113 cm³/mol. The third kappa shape index (κ3) is 4.80. The van der Waals surface area contributed by atoms with Crippen molar-refractivity contribution < 1.29 is 13.6 Å². The number of unbranched alkanes of at least 4 members (excludes halogenated alkanes) is 1. The van der Waals surface area contributed by atoms with Crippen LogP contribution in [0.1, 0.15) is 101 Å². The first kappa shape index (κ1) is 23.8. The van der Waals surface area contributed by atoms with Crippen LogP contribution >= 0.6 is 0 Å². The van der Waals surface area contributed by atoms with Crippen molar-refractivity contribution in [1.82, 2.24) is 0 Å². The topological polar surface area (TPSA) is 35.5 Å². The summed E-state index contributed by atoms with van der Waals surface area (Å²) in [6.07, 6.45) is 4.51. The fraction of sp³-hybridized carbons (Fsp3) is 0.955. The molecule has 1 aliphatic heterocycles. The van der Waals surface area contributed by atoms with Crippen molar-refractivity contribution in [3.63, 3.8) is 0 Å². The van der Waals surface area contributed by atoms with Gasteiger partial charge in [-0.05, 0) is 18.8 Å². The lowest BCUT2D eigenvalue weighted by molar-refractivity contribution is -0.131. The van der Waals surface area contributed by atoms with Crippen LogP contribution in [0.4, 0.5) is 0 Å². The summed E-state index contributed by atoms with van der Waals surface area (Å²) in [5, 5.41) is -0.214. The summed E-state index contributed by atoms with van der Waals surface area (Å²) in [6, 6.07) is 0. The van der Waals surface area contributed by atoms with Crippen LogP contribution in [0, 0.1) is 11.8 Å². The molecule has 0 aromatic rings. The molecule has 0 amide bonds. The van der Waals surface area contributed by atoms with Gasteiger partial charge in [-0.2, -0.15) is 0 Å². The number of Topliss-reactive ketones (excluding diaryl/α,β-unsaturated/α-hetero) is 1. The molecular weight excluding hydrogens is 340 g/mol. The Labute approximate surface area is 163 Å². The van der Waals surface area contributed by atoms with E-state index in [2.05, 4.69) is 69.2 Å². The van der Waals surface area contributed by atoms with Crippen LogP contribution < -0.4 is 0 Å². The summed E-state index contributed by atoms with van der Waals surface area (Å²) in [7, 11) is -2.71. The van der Waals surface area contributed by atoms with E-state index in [-0.39, 0.29) is 28.2 Å². The second-order valence-corrected chi connectivity index (χ2v) is 15.2. The van der Waals surface area contributed by atoms with E-state index in [4.69, 9.17) is 8.85 Å². The Bertz CT molecular complexity index is 445. The SMILES string of the molecule is CCCC[C@H]1C(=O)[C@H](CCC)O[Si](C(C)(C)C)(C(C)(C)C)O[C@@H]1C(C)C. The summed E-state index contributed by atoms with van der Waals surface area (Å²) in [4.78, 5) is 13.5. The van der Waals surface area contributed by atoms with E-state index < -0.39 is 8.56 Å². The molecule has 0 aromatic carbocycles. The zero-order valence-electron chi connectivity index (χ0n) is 19.1. The van der Waals surface area contributed by atoms with Gasteiger partial charge in [0.25, 0.3) is 0 Å². The fourth-order valence-electron chi connectivity index (χ4n) is 4.59. The van der Waals surface area contributed by atoms with Crippen molar-refractivity contribution in [1.29, 1.82) is 0 Å². The standard InChI is InChI=1S/C22H44O3Si/c1-11-13-15-17-19(23)18(14-12-2)24-26(21(5,6)7,22(8,9)10)25-20(17)16(3)4/h16-18,20H,11-15H2,1-10H3/t17-,18-,20+/m0/s1. The van der Waals surface area contributed by atoms with E-state index in [9.17, 15) is 4.79 Å². The second-order valence-electron chi connectivity index (χ2n) is 10.5. The molecule has 0 radical (unpaired) electrons. The van der Waals surface area contributed by atoms with Gasteiger partial charge >= 0.3 is 8.56 Å². The van der Waals surface area contributed by atoms with E-state index >= 15 is 0 Å².